The molecule has 6 heteroatoms. The van der Waals surface area contributed by atoms with Gasteiger partial charge in [-0.15, -0.1) is 0 Å². The molecule has 2 fully saturated rings. The van der Waals surface area contributed by atoms with Crippen LogP contribution in [0.1, 0.15) is 50.7 Å². The Balaban J connectivity index is 1.70. The molecular weight excluding hydrogens is 270 g/mol. The maximum Gasteiger partial charge on any atom is 0.313 e. The van der Waals surface area contributed by atoms with Gasteiger partial charge in [0.1, 0.15) is 0 Å². The summed E-state index contributed by atoms with van der Waals surface area (Å²) in [6, 6.07) is 0. The van der Waals surface area contributed by atoms with Gasteiger partial charge in [0, 0.05) is 19.0 Å². The number of likely N-dealkylation sites (tertiary alicyclic amines) is 1. The predicted molar refractivity (Wildman–Crippen MR) is 75.5 cm³/mol. The van der Waals surface area contributed by atoms with Gasteiger partial charge in [0.15, 0.2) is 5.82 Å². The summed E-state index contributed by atoms with van der Waals surface area (Å²) in [7, 11) is 1.49. The molecule has 1 aliphatic heterocycles. The first-order valence-electron chi connectivity index (χ1n) is 7.68. The minimum atomic E-state index is -0.306. The molecule has 0 bridgehead atoms. The Morgan fingerprint density at radius 3 is 3.05 bits per heavy atom. The minimum absolute atomic E-state index is 0.0523. The predicted octanol–water partition coefficient (Wildman–Crippen LogP) is 1.97. The van der Waals surface area contributed by atoms with E-state index in [0.29, 0.717) is 24.2 Å². The van der Waals surface area contributed by atoms with Crippen molar-refractivity contribution in [3.63, 3.8) is 0 Å². The van der Waals surface area contributed by atoms with E-state index in [9.17, 15) is 4.79 Å². The van der Waals surface area contributed by atoms with E-state index in [1.165, 1.54) is 7.11 Å². The molecule has 21 heavy (non-hydrogen) atoms. The number of carbonyl (C=O) groups excluding carboxylic acids is 1. The van der Waals surface area contributed by atoms with Crippen molar-refractivity contribution in [3.05, 3.63) is 11.7 Å². The lowest BCUT2D eigenvalue weighted by atomic mass is 9.81. The number of nitrogens with zero attached hydrogens (tertiary/aromatic N) is 3. The second-order valence-corrected chi connectivity index (χ2v) is 6.61. The van der Waals surface area contributed by atoms with Crippen LogP contribution < -0.4 is 0 Å². The standard InChI is InChI=1S/C15H23N3O3/c1-10(2)13-16-12(17-21-13)8-18-7-11-5-4-6-15(11,9-18)14(19)20-3/h10-11H,4-9H2,1-3H3/t11-,15+/m0/s1. The van der Waals surface area contributed by atoms with Gasteiger partial charge in [-0.05, 0) is 18.8 Å². The number of hydrogen-bond acceptors (Lipinski definition) is 6. The van der Waals surface area contributed by atoms with E-state index in [-0.39, 0.29) is 17.3 Å². The van der Waals surface area contributed by atoms with E-state index < -0.39 is 0 Å². The van der Waals surface area contributed by atoms with E-state index in [0.717, 1.165) is 32.4 Å². The van der Waals surface area contributed by atoms with Gasteiger partial charge in [-0.3, -0.25) is 9.69 Å². The number of esters is 1. The zero-order chi connectivity index (χ0) is 15.0. The number of fused-ring (bicyclic) bond motifs is 1. The van der Waals surface area contributed by atoms with Crippen molar-refractivity contribution < 1.29 is 14.1 Å². The molecule has 0 N–H and O–H groups in total. The quantitative estimate of drug-likeness (QED) is 0.791. The maximum absolute atomic E-state index is 12.2. The Morgan fingerprint density at radius 2 is 2.38 bits per heavy atom. The Bertz CT molecular complexity index is 528. The normalized spacial score (nSPS) is 29.0. The van der Waals surface area contributed by atoms with Gasteiger partial charge in [0.05, 0.1) is 19.1 Å². The summed E-state index contributed by atoms with van der Waals surface area (Å²) < 4.78 is 10.3. The molecule has 1 saturated heterocycles. The summed E-state index contributed by atoms with van der Waals surface area (Å²) in [6.07, 6.45) is 3.16. The average molecular weight is 293 g/mol. The van der Waals surface area contributed by atoms with Gasteiger partial charge in [-0.1, -0.05) is 25.4 Å². The number of aromatic nitrogens is 2. The second-order valence-electron chi connectivity index (χ2n) is 6.61. The molecule has 0 unspecified atom stereocenters. The van der Waals surface area contributed by atoms with Crippen LogP contribution in [0.5, 0.6) is 0 Å². The highest BCUT2D eigenvalue weighted by atomic mass is 16.5. The number of rotatable bonds is 4. The Hall–Kier alpha value is -1.43. The Kier molecular flexibility index (Phi) is 3.73. The van der Waals surface area contributed by atoms with Crippen LogP contribution in [-0.2, 0) is 16.1 Å². The van der Waals surface area contributed by atoms with Crippen molar-refractivity contribution in [2.75, 3.05) is 20.2 Å². The third-order valence-electron chi connectivity index (χ3n) is 4.88. The molecule has 2 aliphatic rings. The lowest BCUT2D eigenvalue weighted by molar-refractivity contribution is -0.153. The molecule has 116 valence electrons. The monoisotopic (exact) mass is 293 g/mol. The van der Waals surface area contributed by atoms with Crippen molar-refractivity contribution in [3.8, 4) is 0 Å². The molecule has 0 radical (unpaired) electrons. The first kappa shape index (κ1) is 14.5. The minimum Gasteiger partial charge on any atom is -0.469 e. The molecular formula is C15H23N3O3. The smallest absolute Gasteiger partial charge is 0.313 e. The van der Waals surface area contributed by atoms with Crippen molar-refractivity contribution in [2.45, 2.75) is 45.6 Å². The molecule has 2 heterocycles. The van der Waals surface area contributed by atoms with Crippen LogP contribution in [0.15, 0.2) is 4.52 Å². The van der Waals surface area contributed by atoms with E-state index >= 15 is 0 Å². The second kappa shape index (κ2) is 5.40. The summed E-state index contributed by atoms with van der Waals surface area (Å²) in [6.45, 7) is 6.37. The van der Waals surface area contributed by atoms with Gasteiger partial charge in [0.25, 0.3) is 0 Å². The zero-order valence-electron chi connectivity index (χ0n) is 13.0. The van der Waals surface area contributed by atoms with Gasteiger partial charge < -0.3 is 9.26 Å². The number of methoxy groups -OCH3 is 1. The van der Waals surface area contributed by atoms with E-state index in [1.54, 1.807) is 0 Å². The topological polar surface area (TPSA) is 68.5 Å². The van der Waals surface area contributed by atoms with Gasteiger partial charge in [-0.2, -0.15) is 4.98 Å². The van der Waals surface area contributed by atoms with Crippen molar-refractivity contribution in [2.24, 2.45) is 11.3 Å². The van der Waals surface area contributed by atoms with Crippen LogP contribution in [0.2, 0.25) is 0 Å². The fourth-order valence-electron chi connectivity index (χ4n) is 3.82. The fraction of sp³-hybridized carbons (Fsp3) is 0.800. The third-order valence-corrected chi connectivity index (χ3v) is 4.88. The molecule has 0 spiro atoms. The van der Waals surface area contributed by atoms with Crippen LogP contribution >= 0.6 is 0 Å². The highest BCUT2D eigenvalue weighted by Gasteiger charge is 2.55. The van der Waals surface area contributed by atoms with Crippen LogP contribution in [0.3, 0.4) is 0 Å². The van der Waals surface area contributed by atoms with Crippen LogP contribution in [0, 0.1) is 11.3 Å². The van der Waals surface area contributed by atoms with E-state index in [2.05, 4.69) is 15.0 Å². The fourth-order valence-corrected chi connectivity index (χ4v) is 3.82. The van der Waals surface area contributed by atoms with Gasteiger partial charge in [-0.25, -0.2) is 0 Å². The van der Waals surface area contributed by atoms with E-state index in [4.69, 9.17) is 9.26 Å². The van der Waals surface area contributed by atoms with Crippen molar-refractivity contribution in [1.29, 1.82) is 0 Å². The lowest BCUT2D eigenvalue weighted by Gasteiger charge is -2.25. The van der Waals surface area contributed by atoms with Crippen LogP contribution in [-0.4, -0.2) is 41.2 Å². The van der Waals surface area contributed by atoms with Crippen molar-refractivity contribution >= 4 is 5.97 Å². The Morgan fingerprint density at radius 1 is 1.57 bits per heavy atom. The largest absolute Gasteiger partial charge is 0.469 e. The summed E-state index contributed by atoms with van der Waals surface area (Å²) >= 11 is 0. The molecule has 0 amide bonds. The van der Waals surface area contributed by atoms with Gasteiger partial charge in [0.2, 0.25) is 5.89 Å². The number of carbonyl (C=O) groups is 1. The molecule has 0 aromatic carbocycles. The van der Waals surface area contributed by atoms with Crippen LogP contribution in [0.25, 0.3) is 0 Å². The lowest BCUT2D eigenvalue weighted by Crippen LogP contribution is -2.36. The zero-order valence-corrected chi connectivity index (χ0v) is 13.0. The molecule has 1 saturated carbocycles. The van der Waals surface area contributed by atoms with Gasteiger partial charge >= 0.3 is 5.97 Å². The molecule has 1 aromatic rings. The number of ether oxygens (including phenoxy) is 1. The molecule has 6 nitrogen and oxygen atoms in total. The highest BCUT2D eigenvalue weighted by Crippen LogP contribution is 2.49. The molecule has 3 rings (SSSR count). The van der Waals surface area contributed by atoms with Crippen LogP contribution in [0.4, 0.5) is 0 Å². The summed E-state index contributed by atoms with van der Waals surface area (Å²) in [4.78, 5) is 18.9. The first-order chi connectivity index (χ1) is 10.0. The first-order valence-corrected chi connectivity index (χ1v) is 7.68. The van der Waals surface area contributed by atoms with E-state index in [1.807, 2.05) is 13.8 Å². The summed E-state index contributed by atoms with van der Waals surface area (Å²) in [5, 5.41) is 4.04. The SMILES string of the molecule is COC(=O)[C@@]12CCC[C@H]1CN(Cc1noc(C(C)C)n1)C2. The highest BCUT2D eigenvalue weighted by molar-refractivity contribution is 5.78. The maximum atomic E-state index is 12.2. The summed E-state index contributed by atoms with van der Waals surface area (Å²) in [5.41, 5.74) is -0.306. The average Bonchev–Trinajstić information content (AvgIpc) is 3.11. The Labute approximate surface area is 124 Å². The molecule has 1 aromatic heterocycles. The number of hydrogen-bond donors (Lipinski definition) is 0. The van der Waals surface area contributed by atoms with Crippen molar-refractivity contribution in [1.82, 2.24) is 15.0 Å². The molecule has 1 aliphatic carbocycles. The third kappa shape index (κ3) is 2.46. The molecule has 2 atom stereocenters. The summed E-state index contributed by atoms with van der Waals surface area (Å²) in [5.74, 6) is 1.97.